The molecule has 2 fully saturated rings. The van der Waals surface area contributed by atoms with Crippen molar-refractivity contribution in [3.8, 4) is 17.1 Å². The van der Waals surface area contributed by atoms with Crippen molar-refractivity contribution in [2.24, 2.45) is 0 Å². The van der Waals surface area contributed by atoms with Gasteiger partial charge in [-0.2, -0.15) is 0 Å². The highest BCUT2D eigenvalue weighted by molar-refractivity contribution is 14.1. The number of hydrogen-bond acceptors (Lipinski definition) is 9. The molecule has 12 heteroatoms. The number of fused-ring (bicyclic) bond motifs is 1. The zero-order valence-corrected chi connectivity index (χ0v) is 21.4. The molecule has 0 atom stereocenters. The number of morpholine rings is 1. The Morgan fingerprint density at radius 2 is 2.03 bits per heavy atom. The van der Waals surface area contributed by atoms with Crippen LogP contribution in [-0.2, 0) is 14.8 Å². The first-order chi connectivity index (χ1) is 15.4. The molecule has 0 bridgehead atoms. The van der Waals surface area contributed by atoms with Gasteiger partial charge in [-0.1, -0.05) is 0 Å². The Kier molecular flexibility index (Phi) is 5.88. The summed E-state index contributed by atoms with van der Waals surface area (Å²) in [6, 6.07) is 1.75. The maximum atomic E-state index is 12.6. The molecule has 1 saturated carbocycles. The fourth-order valence-electron chi connectivity index (χ4n) is 3.58. The summed E-state index contributed by atoms with van der Waals surface area (Å²) in [4.78, 5) is 17.4. The Morgan fingerprint density at radius 1 is 1.28 bits per heavy atom. The number of nitrogens with one attached hydrogen (secondary N) is 1. The van der Waals surface area contributed by atoms with E-state index in [4.69, 9.17) is 19.4 Å². The zero-order chi connectivity index (χ0) is 22.5. The third-order valence-corrected chi connectivity index (χ3v) is 10.1. The number of methoxy groups -OCH3 is 1. The van der Waals surface area contributed by atoms with Crippen LogP contribution in [0.3, 0.4) is 0 Å². The second kappa shape index (κ2) is 8.54. The van der Waals surface area contributed by atoms with Crippen LogP contribution in [0.25, 0.3) is 21.5 Å². The van der Waals surface area contributed by atoms with Gasteiger partial charge in [-0.15, -0.1) is 11.3 Å². The van der Waals surface area contributed by atoms with Crippen molar-refractivity contribution in [2.75, 3.05) is 43.0 Å². The summed E-state index contributed by atoms with van der Waals surface area (Å²) in [5.41, 5.74) is 2.66. The van der Waals surface area contributed by atoms with Crippen LogP contribution in [0.15, 0.2) is 12.3 Å². The highest BCUT2D eigenvalue weighted by Gasteiger charge is 2.36. The van der Waals surface area contributed by atoms with Gasteiger partial charge in [0, 0.05) is 29.7 Å². The highest BCUT2D eigenvalue weighted by atomic mass is 127. The van der Waals surface area contributed by atoms with E-state index in [2.05, 4.69) is 44.1 Å². The fraction of sp³-hybridized carbons (Fsp3) is 0.450. The van der Waals surface area contributed by atoms with Crippen molar-refractivity contribution in [2.45, 2.75) is 25.0 Å². The van der Waals surface area contributed by atoms with Crippen LogP contribution >= 0.6 is 33.9 Å². The average Bonchev–Trinajstić information content (AvgIpc) is 3.61. The minimum absolute atomic E-state index is 0.230. The van der Waals surface area contributed by atoms with E-state index in [0.717, 1.165) is 37.4 Å². The molecule has 5 rings (SSSR count). The van der Waals surface area contributed by atoms with Crippen molar-refractivity contribution >= 4 is 65.8 Å². The van der Waals surface area contributed by atoms with Gasteiger partial charge in [0.2, 0.25) is 21.9 Å². The lowest BCUT2D eigenvalue weighted by Crippen LogP contribution is -2.37. The summed E-state index contributed by atoms with van der Waals surface area (Å²) < 4.78 is 40.6. The molecular weight excluding hydrogens is 565 g/mol. The van der Waals surface area contributed by atoms with Gasteiger partial charge in [-0.3, -0.25) is 4.72 Å². The Bertz CT molecular complexity index is 1290. The smallest absolute Gasteiger partial charge is 0.238 e. The highest BCUT2D eigenvalue weighted by Crippen LogP contribution is 2.40. The van der Waals surface area contributed by atoms with E-state index in [1.807, 2.05) is 0 Å². The molecule has 3 aromatic heterocycles. The van der Waals surface area contributed by atoms with Crippen LogP contribution in [0.4, 0.5) is 11.6 Å². The lowest BCUT2D eigenvalue weighted by atomic mass is 10.2. The van der Waals surface area contributed by atoms with Gasteiger partial charge in [0.05, 0.1) is 39.5 Å². The number of rotatable bonds is 6. The zero-order valence-electron chi connectivity index (χ0n) is 17.6. The molecule has 3 aromatic rings. The number of hydrogen-bond donors (Lipinski definition) is 1. The van der Waals surface area contributed by atoms with Gasteiger partial charge >= 0.3 is 0 Å². The molecule has 1 aliphatic carbocycles. The molecule has 0 amide bonds. The third kappa shape index (κ3) is 4.13. The topological polar surface area (TPSA) is 107 Å². The van der Waals surface area contributed by atoms with E-state index < -0.39 is 10.0 Å². The van der Waals surface area contributed by atoms with E-state index >= 15 is 0 Å². The third-order valence-electron chi connectivity index (χ3n) is 5.45. The number of thiophene rings is 1. The first kappa shape index (κ1) is 22.0. The van der Waals surface area contributed by atoms with E-state index in [-0.39, 0.29) is 11.1 Å². The number of nitrogens with zero attached hydrogens (tertiary/aromatic N) is 4. The maximum Gasteiger partial charge on any atom is 0.238 e. The summed E-state index contributed by atoms with van der Waals surface area (Å²) in [5.74, 6) is 0.871. The largest absolute Gasteiger partial charge is 0.480 e. The van der Waals surface area contributed by atoms with Crippen molar-refractivity contribution in [1.82, 2.24) is 15.0 Å². The lowest BCUT2D eigenvalue weighted by Gasteiger charge is -2.27. The van der Waals surface area contributed by atoms with Crippen molar-refractivity contribution < 1.29 is 17.9 Å². The molecule has 170 valence electrons. The molecule has 1 saturated heterocycles. The molecule has 1 aliphatic heterocycles. The van der Waals surface area contributed by atoms with Gasteiger partial charge in [0.25, 0.3) is 0 Å². The summed E-state index contributed by atoms with van der Waals surface area (Å²) in [7, 11) is -1.99. The van der Waals surface area contributed by atoms with Gasteiger partial charge in [-0.25, -0.2) is 23.4 Å². The molecule has 0 radical (unpaired) electrons. The molecule has 0 spiro atoms. The van der Waals surface area contributed by atoms with Crippen LogP contribution in [0.5, 0.6) is 5.88 Å². The van der Waals surface area contributed by atoms with Crippen LogP contribution < -0.4 is 14.4 Å². The van der Waals surface area contributed by atoms with Crippen LogP contribution in [0.2, 0.25) is 0 Å². The van der Waals surface area contributed by atoms with E-state index in [9.17, 15) is 8.42 Å². The number of sulfonamides is 1. The lowest BCUT2D eigenvalue weighted by molar-refractivity contribution is 0.122. The molecule has 1 N–H and O–H groups in total. The number of anilines is 2. The second-order valence-electron chi connectivity index (χ2n) is 7.75. The maximum absolute atomic E-state index is 12.6. The van der Waals surface area contributed by atoms with Crippen molar-refractivity contribution in [3.63, 3.8) is 0 Å². The Morgan fingerprint density at radius 3 is 2.72 bits per heavy atom. The quantitative estimate of drug-likeness (QED) is 0.438. The standard InChI is InChI=1S/C20H22IN5O4S2/c1-11-15(21)17-18(31-11)16(23-20(24-17)26-5-7-30-8-6-26)12-9-14(19(29-2)22-10-12)25-32(27,28)13-3-4-13/h9-10,13,25H,3-8H2,1-2H3. The molecule has 0 aromatic carbocycles. The SMILES string of the molecule is COc1ncc(-c2nc(N3CCOCC3)nc3c(I)c(C)sc23)cc1NS(=O)(=O)C1CC1. The number of halogens is 1. The molecule has 4 heterocycles. The minimum atomic E-state index is -3.47. The summed E-state index contributed by atoms with van der Waals surface area (Å²) >= 11 is 3.95. The average molecular weight is 587 g/mol. The predicted octanol–water partition coefficient (Wildman–Crippen LogP) is 3.42. The van der Waals surface area contributed by atoms with Crippen LogP contribution in [0.1, 0.15) is 17.7 Å². The minimum Gasteiger partial charge on any atom is -0.480 e. The number of aromatic nitrogens is 3. The van der Waals surface area contributed by atoms with Gasteiger partial charge in [0.15, 0.2) is 0 Å². The van der Waals surface area contributed by atoms with Crippen LogP contribution in [0, 0.1) is 10.5 Å². The fourth-order valence-corrected chi connectivity index (χ4v) is 6.86. The molecule has 32 heavy (non-hydrogen) atoms. The molecular formula is C20H22IN5O4S2. The van der Waals surface area contributed by atoms with E-state index in [1.54, 1.807) is 23.6 Å². The number of aryl methyl sites for hydroxylation is 1. The second-order valence-corrected chi connectivity index (χ2v) is 12.0. The first-order valence-corrected chi connectivity index (χ1v) is 13.7. The van der Waals surface area contributed by atoms with E-state index in [0.29, 0.717) is 43.3 Å². The summed E-state index contributed by atoms with van der Waals surface area (Å²) in [6.07, 6.45) is 3.01. The Hall–Kier alpha value is -1.77. The Labute approximate surface area is 203 Å². The summed E-state index contributed by atoms with van der Waals surface area (Å²) in [6.45, 7) is 4.77. The van der Waals surface area contributed by atoms with Crippen molar-refractivity contribution in [3.05, 3.63) is 20.7 Å². The van der Waals surface area contributed by atoms with Gasteiger partial charge < -0.3 is 14.4 Å². The molecule has 0 unspecified atom stereocenters. The Balaban J connectivity index is 1.64. The van der Waals surface area contributed by atoms with E-state index in [1.165, 1.54) is 7.11 Å². The number of ether oxygens (including phenoxy) is 2. The molecule has 2 aliphatic rings. The van der Waals surface area contributed by atoms with Crippen molar-refractivity contribution in [1.29, 1.82) is 0 Å². The number of pyridine rings is 1. The van der Waals surface area contributed by atoms with Gasteiger partial charge in [-0.05, 0) is 48.4 Å². The first-order valence-electron chi connectivity index (χ1n) is 10.2. The van der Waals surface area contributed by atoms with Crippen LogP contribution in [-0.4, -0.2) is 62.0 Å². The monoisotopic (exact) mass is 587 g/mol. The predicted molar refractivity (Wildman–Crippen MR) is 133 cm³/mol. The normalized spacial score (nSPS) is 17.0. The summed E-state index contributed by atoms with van der Waals surface area (Å²) in [5, 5.41) is -0.351. The molecule has 9 nitrogen and oxygen atoms in total. The van der Waals surface area contributed by atoms with Gasteiger partial charge in [0.1, 0.15) is 11.2 Å².